The molecule has 3 rings (SSSR count). The van der Waals surface area contributed by atoms with Gasteiger partial charge in [-0.1, -0.05) is 29.4 Å². The molecule has 0 atom stereocenters. The number of H-pyrrole nitrogens is 1. The lowest BCUT2D eigenvalue weighted by molar-refractivity contribution is 0.203. The van der Waals surface area contributed by atoms with Crippen LogP contribution in [0.1, 0.15) is 5.56 Å². The van der Waals surface area contributed by atoms with E-state index in [0.29, 0.717) is 33.0 Å². The Morgan fingerprint density at radius 1 is 1.31 bits per heavy atom. The van der Waals surface area contributed by atoms with Crippen LogP contribution < -0.4 is 15.6 Å². The summed E-state index contributed by atoms with van der Waals surface area (Å²) in [5.41, 5.74) is 1.14. The number of fused-ring (bicyclic) bond motifs is 1. The van der Waals surface area contributed by atoms with E-state index in [2.05, 4.69) is 25.3 Å². The molecule has 0 unspecified atom stereocenters. The maximum absolute atomic E-state index is 11.6. The van der Waals surface area contributed by atoms with E-state index >= 15 is 0 Å². The molecular formula is C17H19Cl2N5O4S. The van der Waals surface area contributed by atoms with Crippen molar-refractivity contribution in [3.63, 3.8) is 0 Å². The monoisotopic (exact) mass is 459 g/mol. The van der Waals surface area contributed by atoms with E-state index in [4.69, 9.17) is 16.3 Å². The Balaban J connectivity index is 0.00000300. The summed E-state index contributed by atoms with van der Waals surface area (Å²) >= 11 is 7.49. The summed E-state index contributed by atoms with van der Waals surface area (Å²) in [6.45, 7) is -0.587. The molecule has 0 radical (unpaired) electrons. The number of thioether (sulfide) groups is 1. The van der Waals surface area contributed by atoms with Crippen LogP contribution in [-0.4, -0.2) is 56.5 Å². The van der Waals surface area contributed by atoms with Crippen molar-refractivity contribution in [2.45, 2.75) is 17.0 Å². The third-order valence-electron chi connectivity index (χ3n) is 3.78. The number of anilines is 1. The molecule has 0 fully saturated rings. The summed E-state index contributed by atoms with van der Waals surface area (Å²) in [7, 11) is 1.55. The summed E-state index contributed by atoms with van der Waals surface area (Å²) in [5.74, 6) is 1.43. The molecule has 12 heteroatoms. The largest absolute Gasteiger partial charge is 0.495 e. The molecule has 0 aliphatic rings. The van der Waals surface area contributed by atoms with Gasteiger partial charge in [0.2, 0.25) is 0 Å². The summed E-state index contributed by atoms with van der Waals surface area (Å²) in [5, 5.41) is 22.5. The zero-order chi connectivity index (χ0) is 20.1. The Bertz CT molecular complexity index is 1030. The highest BCUT2D eigenvalue weighted by Gasteiger charge is 2.14. The first kappa shape index (κ1) is 23.2. The molecule has 2 heterocycles. The molecule has 4 N–H and O–H groups in total. The lowest BCUT2D eigenvalue weighted by atomic mass is 10.2. The molecule has 29 heavy (non-hydrogen) atoms. The third-order valence-corrected chi connectivity index (χ3v) is 5.00. The second kappa shape index (κ2) is 10.6. The van der Waals surface area contributed by atoms with Crippen LogP contribution in [-0.2, 0) is 5.75 Å². The van der Waals surface area contributed by atoms with Gasteiger partial charge >= 0.3 is 0 Å². The lowest BCUT2D eigenvalue weighted by Crippen LogP contribution is -2.28. The maximum Gasteiger partial charge on any atom is 0.268 e. The van der Waals surface area contributed by atoms with Gasteiger partial charge in [-0.3, -0.25) is 4.79 Å². The van der Waals surface area contributed by atoms with Gasteiger partial charge < -0.3 is 25.3 Å². The van der Waals surface area contributed by atoms with E-state index in [1.54, 1.807) is 19.2 Å². The van der Waals surface area contributed by atoms with Crippen LogP contribution in [0.25, 0.3) is 11.2 Å². The normalized spacial score (nSPS) is 10.8. The van der Waals surface area contributed by atoms with E-state index in [1.165, 1.54) is 11.8 Å². The van der Waals surface area contributed by atoms with Crippen LogP contribution in [0, 0.1) is 0 Å². The van der Waals surface area contributed by atoms with Gasteiger partial charge in [-0.15, -0.1) is 12.4 Å². The Kier molecular flexibility index (Phi) is 8.47. The van der Waals surface area contributed by atoms with Gasteiger partial charge in [0.15, 0.2) is 16.6 Å². The summed E-state index contributed by atoms with van der Waals surface area (Å²) in [6.07, 6.45) is 1.12. The van der Waals surface area contributed by atoms with Crippen molar-refractivity contribution in [3.8, 4) is 5.75 Å². The Hall–Kier alpha value is -2.11. The van der Waals surface area contributed by atoms with Crippen LogP contribution in [0.4, 0.5) is 5.82 Å². The van der Waals surface area contributed by atoms with Crippen LogP contribution in [0.5, 0.6) is 5.75 Å². The first-order valence-electron chi connectivity index (χ1n) is 8.24. The molecule has 9 nitrogen and oxygen atoms in total. The quantitative estimate of drug-likeness (QED) is 0.294. The number of hydrogen-bond acceptors (Lipinski definition) is 9. The number of nitrogens with zero attached hydrogens (tertiary/aromatic N) is 3. The molecular weight excluding hydrogens is 441 g/mol. The molecule has 3 aromatic rings. The Labute approximate surface area is 181 Å². The SMILES string of the molecule is COc1ccc(CSc2nc(NC(CO)CO)c3ncc(=O)[nH]c3n2)cc1Cl.Cl. The number of aliphatic hydroxyl groups is 2. The molecule has 0 bridgehead atoms. The van der Waals surface area contributed by atoms with E-state index in [9.17, 15) is 15.0 Å². The minimum absolute atomic E-state index is 0. The summed E-state index contributed by atoms with van der Waals surface area (Å²) in [6, 6.07) is 4.84. The molecule has 0 spiro atoms. The Morgan fingerprint density at radius 3 is 2.72 bits per heavy atom. The third kappa shape index (κ3) is 5.71. The molecule has 0 saturated carbocycles. The second-order valence-corrected chi connectivity index (χ2v) is 7.11. The van der Waals surface area contributed by atoms with Crippen molar-refractivity contribution in [1.82, 2.24) is 19.9 Å². The minimum atomic E-state index is -0.620. The van der Waals surface area contributed by atoms with Gasteiger partial charge in [0, 0.05) is 5.75 Å². The number of ether oxygens (including phenoxy) is 1. The van der Waals surface area contributed by atoms with Crippen LogP contribution >= 0.6 is 35.8 Å². The van der Waals surface area contributed by atoms with Gasteiger partial charge in [-0.05, 0) is 17.7 Å². The summed E-state index contributed by atoms with van der Waals surface area (Å²) < 4.78 is 5.14. The number of hydrogen-bond donors (Lipinski definition) is 4. The predicted octanol–water partition coefficient (Wildman–Crippen LogP) is 1.85. The van der Waals surface area contributed by atoms with E-state index in [1.807, 2.05) is 6.07 Å². The van der Waals surface area contributed by atoms with Crippen molar-refractivity contribution in [2.75, 3.05) is 25.6 Å². The molecule has 0 saturated heterocycles. The number of benzene rings is 1. The highest BCUT2D eigenvalue weighted by molar-refractivity contribution is 7.98. The molecule has 2 aromatic heterocycles. The van der Waals surface area contributed by atoms with Gasteiger partial charge in [-0.2, -0.15) is 0 Å². The topological polar surface area (TPSA) is 133 Å². The van der Waals surface area contributed by atoms with Crippen LogP contribution in [0.2, 0.25) is 5.02 Å². The fourth-order valence-electron chi connectivity index (χ4n) is 2.37. The van der Waals surface area contributed by atoms with Crippen LogP contribution in [0.3, 0.4) is 0 Å². The van der Waals surface area contributed by atoms with E-state index in [-0.39, 0.29) is 31.3 Å². The first-order valence-corrected chi connectivity index (χ1v) is 9.61. The molecule has 1 aromatic carbocycles. The highest BCUT2D eigenvalue weighted by atomic mass is 35.5. The fraction of sp³-hybridized carbons (Fsp3) is 0.294. The van der Waals surface area contributed by atoms with Gasteiger partial charge in [0.05, 0.1) is 37.6 Å². The minimum Gasteiger partial charge on any atom is -0.495 e. The van der Waals surface area contributed by atoms with Crippen molar-refractivity contribution >= 4 is 52.8 Å². The molecule has 0 aliphatic heterocycles. The fourth-order valence-corrected chi connectivity index (χ4v) is 3.44. The lowest BCUT2D eigenvalue weighted by Gasteiger charge is -2.15. The number of aliphatic hydroxyl groups excluding tert-OH is 2. The van der Waals surface area contributed by atoms with Gasteiger partial charge in [-0.25, -0.2) is 15.0 Å². The molecule has 0 aliphatic carbocycles. The average molecular weight is 460 g/mol. The predicted molar refractivity (Wildman–Crippen MR) is 114 cm³/mol. The molecule has 156 valence electrons. The first-order chi connectivity index (χ1) is 13.5. The number of nitrogens with one attached hydrogen (secondary N) is 2. The van der Waals surface area contributed by atoms with Crippen LogP contribution in [0.15, 0.2) is 34.3 Å². The van der Waals surface area contributed by atoms with Crippen molar-refractivity contribution < 1.29 is 14.9 Å². The number of methoxy groups -OCH3 is 1. The van der Waals surface area contributed by atoms with Crippen molar-refractivity contribution in [3.05, 3.63) is 45.3 Å². The van der Waals surface area contributed by atoms with Crippen molar-refractivity contribution in [1.29, 1.82) is 0 Å². The number of aromatic nitrogens is 4. The van der Waals surface area contributed by atoms with Gasteiger partial charge in [0.25, 0.3) is 5.56 Å². The highest BCUT2D eigenvalue weighted by Crippen LogP contribution is 2.29. The average Bonchev–Trinajstić information content (AvgIpc) is 2.70. The van der Waals surface area contributed by atoms with Gasteiger partial charge in [0.1, 0.15) is 11.3 Å². The molecule has 0 amide bonds. The number of rotatable bonds is 8. The van der Waals surface area contributed by atoms with E-state index < -0.39 is 11.6 Å². The Morgan fingerprint density at radius 2 is 2.07 bits per heavy atom. The zero-order valence-corrected chi connectivity index (χ0v) is 17.6. The smallest absolute Gasteiger partial charge is 0.268 e. The zero-order valence-electron chi connectivity index (χ0n) is 15.3. The number of halogens is 2. The maximum atomic E-state index is 11.6. The summed E-state index contributed by atoms with van der Waals surface area (Å²) in [4.78, 5) is 27.0. The van der Waals surface area contributed by atoms with E-state index in [0.717, 1.165) is 11.8 Å². The standard InChI is InChI=1S/C17H18ClN5O4S.ClH/c1-27-12-3-2-9(4-11(12)18)8-28-17-22-15(20-10(6-24)7-25)14-16(23-17)21-13(26)5-19-14;/h2-5,10,24-25H,6-8H2,1H3,(H2,20,21,22,23,26);1H. The number of aromatic amines is 1. The van der Waals surface area contributed by atoms with Crippen molar-refractivity contribution in [2.24, 2.45) is 0 Å². The second-order valence-electron chi connectivity index (χ2n) is 5.76.